The maximum atomic E-state index is 13.4. The van der Waals surface area contributed by atoms with E-state index in [0.717, 1.165) is 29.5 Å². The van der Waals surface area contributed by atoms with E-state index in [2.05, 4.69) is 21.7 Å². The van der Waals surface area contributed by atoms with Crippen LogP contribution in [0.15, 0.2) is 65.8 Å². The van der Waals surface area contributed by atoms with Crippen molar-refractivity contribution in [3.05, 3.63) is 72.2 Å². The number of aromatic nitrogens is 3. The van der Waals surface area contributed by atoms with E-state index < -0.39 is 15.9 Å². The van der Waals surface area contributed by atoms with Crippen LogP contribution in [-0.2, 0) is 20.2 Å². The molecule has 3 heterocycles. The Balaban J connectivity index is 1.45. The molecule has 0 saturated carbocycles. The number of rotatable bonds is 6. The average molecular weight is 522 g/mol. The third kappa shape index (κ3) is 4.75. The van der Waals surface area contributed by atoms with Crippen LogP contribution in [0.4, 0.5) is 5.69 Å². The first-order valence-corrected chi connectivity index (χ1v) is 13.2. The molecule has 1 saturated heterocycles. The van der Waals surface area contributed by atoms with Crippen LogP contribution < -0.4 is 15.2 Å². The Labute approximate surface area is 214 Å². The van der Waals surface area contributed by atoms with Crippen molar-refractivity contribution >= 4 is 32.5 Å². The summed E-state index contributed by atoms with van der Waals surface area (Å²) in [6.07, 6.45) is 4.73. The lowest BCUT2D eigenvalue weighted by molar-refractivity contribution is 0.0563. The number of benzene rings is 2. The Morgan fingerprint density at radius 3 is 2.65 bits per heavy atom. The molecule has 37 heavy (non-hydrogen) atoms. The number of anilines is 1. The van der Waals surface area contributed by atoms with E-state index in [1.807, 2.05) is 12.1 Å². The summed E-state index contributed by atoms with van der Waals surface area (Å²) in [4.78, 5) is 17.3. The summed E-state index contributed by atoms with van der Waals surface area (Å²) in [5.41, 5.74) is 8.09. The number of carbonyl (C=O) groups is 1. The van der Waals surface area contributed by atoms with Crippen LogP contribution in [0, 0.1) is 0 Å². The first-order valence-electron chi connectivity index (χ1n) is 11.7. The van der Waals surface area contributed by atoms with E-state index in [1.165, 1.54) is 19.4 Å². The van der Waals surface area contributed by atoms with Crippen LogP contribution in [0.1, 0.15) is 35.8 Å². The van der Waals surface area contributed by atoms with Crippen molar-refractivity contribution in [2.24, 2.45) is 0 Å². The third-order valence-electron chi connectivity index (χ3n) is 6.76. The van der Waals surface area contributed by atoms with Crippen LogP contribution in [0.3, 0.4) is 0 Å². The van der Waals surface area contributed by atoms with Gasteiger partial charge in [-0.3, -0.25) is 4.79 Å². The van der Waals surface area contributed by atoms with E-state index in [1.54, 1.807) is 41.2 Å². The van der Waals surface area contributed by atoms with E-state index in [9.17, 15) is 13.2 Å². The molecule has 5 rings (SSSR count). The number of ether oxygens (including phenoxy) is 2. The minimum absolute atomic E-state index is 0.0419. The quantitative estimate of drug-likeness (QED) is 0.394. The molecule has 192 valence electrons. The van der Waals surface area contributed by atoms with Crippen LogP contribution in [0.2, 0.25) is 0 Å². The number of amides is 1. The summed E-state index contributed by atoms with van der Waals surface area (Å²) in [5, 5.41) is 4.95. The number of nitrogens with two attached hydrogens (primary N) is 1. The summed E-state index contributed by atoms with van der Waals surface area (Å²) in [5.74, 6) is -0.699. The number of fused-ring (bicyclic) bond motifs is 1. The number of nitrogens with zero attached hydrogens (tertiary/aromatic N) is 3. The summed E-state index contributed by atoms with van der Waals surface area (Å²) in [6, 6.07) is 13.6. The van der Waals surface area contributed by atoms with Crippen molar-refractivity contribution in [3.8, 4) is 11.4 Å². The van der Waals surface area contributed by atoms with Crippen molar-refractivity contribution < 1.29 is 22.7 Å². The molecule has 0 radical (unpaired) electrons. The summed E-state index contributed by atoms with van der Waals surface area (Å²) >= 11 is 0. The summed E-state index contributed by atoms with van der Waals surface area (Å²) < 4.78 is 41.3. The Bertz CT molecular complexity index is 1590. The number of hydrogen-bond donors (Lipinski definition) is 2. The lowest BCUT2D eigenvalue weighted by Crippen LogP contribution is -2.33. The topological polar surface area (TPSA) is 138 Å². The Kier molecular flexibility index (Phi) is 6.34. The highest BCUT2D eigenvalue weighted by molar-refractivity contribution is 7.90. The Morgan fingerprint density at radius 2 is 1.95 bits per heavy atom. The van der Waals surface area contributed by atoms with E-state index >= 15 is 0 Å². The van der Waals surface area contributed by atoms with E-state index in [4.69, 9.17) is 15.2 Å². The monoisotopic (exact) mass is 521 g/mol. The van der Waals surface area contributed by atoms with Gasteiger partial charge >= 0.3 is 0 Å². The van der Waals surface area contributed by atoms with Crippen molar-refractivity contribution in [2.45, 2.75) is 30.1 Å². The number of nitrogen functional groups attached to an aromatic ring is 1. The molecule has 4 aromatic rings. The fraction of sp³-hybridized carbons (Fsp3) is 0.269. The molecule has 1 aliphatic heterocycles. The van der Waals surface area contributed by atoms with Crippen molar-refractivity contribution in [3.63, 3.8) is 0 Å². The smallest absolute Gasteiger partial charge is 0.283 e. The highest BCUT2D eigenvalue weighted by Gasteiger charge is 2.32. The van der Waals surface area contributed by atoms with Crippen molar-refractivity contribution in [2.75, 3.05) is 26.1 Å². The van der Waals surface area contributed by atoms with Gasteiger partial charge in [0, 0.05) is 18.6 Å². The maximum Gasteiger partial charge on any atom is 0.283 e. The van der Waals surface area contributed by atoms with Gasteiger partial charge in [0.2, 0.25) is 0 Å². The van der Waals surface area contributed by atoms with Crippen LogP contribution >= 0.6 is 0 Å². The van der Waals surface area contributed by atoms with E-state index in [-0.39, 0.29) is 21.8 Å². The van der Waals surface area contributed by atoms with Gasteiger partial charge in [-0.05, 0) is 60.2 Å². The number of sulfonamides is 1. The molecule has 1 fully saturated rings. The van der Waals surface area contributed by atoms with Gasteiger partial charge in [-0.1, -0.05) is 19.1 Å². The first kappa shape index (κ1) is 24.7. The van der Waals surface area contributed by atoms with Crippen LogP contribution in [-0.4, -0.2) is 49.4 Å². The molecular weight excluding hydrogens is 494 g/mol. The number of nitrogens with one attached hydrogen (secondary N) is 1. The zero-order valence-corrected chi connectivity index (χ0v) is 21.3. The van der Waals surface area contributed by atoms with Gasteiger partial charge in [-0.2, -0.15) is 5.10 Å². The van der Waals surface area contributed by atoms with Gasteiger partial charge in [0.05, 0.1) is 36.4 Å². The number of hydrogen-bond acceptors (Lipinski definition) is 8. The molecule has 10 nitrogen and oxygen atoms in total. The molecule has 0 unspecified atom stereocenters. The molecule has 3 N–H and O–H groups in total. The first-order chi connectivity index (χ1) is 17.7. The largest absolute Gasteiger partial charge is 0.495 e. The molecule has 0 aliphatic carbocycles. The van der Waals surface area contributed by atoms with Crippen molar-refractivity contribution in [1.29, 1.82) is 0 Å². The second-order valence-electron chi connectivity index (χ2n) is 9.23. The minimum Gasteiger partial charge on any atom is -0.495 e. The summed E-state index contributed by atoms with van der Waals surface area (Å²) in [7, 11) is -2.87. The number of carbonyl (C=O) groups excluding carboxylic acids is 1. The van der Waals surface area contributed by atoms with Gasteiger partial charge in [0.25, 0.3) is 15.9 Å². The minimum atomic E-state index is -4.26. The second kappa shape index (κ2) is 9.49. The normalized spacial score (nSPS) is 15.4. The lowest BCUT2D eigenvalue weighted by atomic mass is 9.76. The predicted molar refractivity (Wildman–Crippen MR) is 138 cm³/mol. The third-order valence-corrected chi connectivity index (χ3v) is 8.12. The van der Waals surface area contributed by atoms with Gasteiger partial charge < -0.3 is 15.2 Å². The average Bonchev–Trinajstić information content (AvgIpc) is 3.33. The zero-order chi connectivity index (χ0) is 26.2. The van der Waals surface area contributed by atoms with E-state index in [0.29, 0.717) is 24.4 Å². The Hall–Kier alpha value is -3.96. The summed E-state index contributed by atoms with van der Waals surface area (Å²) in [6.45, 7) is 3.28. The molecule has 1 amide bonds. The molecule has 0 atom stereocenters. The molecule has 2 aromatic heterocycles. The fourth-order valence-electron chi connectivity index (χ4n) is 4.54. The molecular formula is C26H27N5O5S. The van der Waals surface area contributed by atoms with Gasteiger partial charge in [0.1, 0.15) is 16.3 Å². The van der Waals surface area contributed by atoms with Gasteiger partial charge in [-0.15, -0.1) is 0 Å². The highest BCUT2D eigenvalue weighted by atomic mass is 32.2. The number of pyridine rings is 1. The fourth-order valence-corrected chi connectivity index (χ4v) is 5.69. The maximum absolute atomic E-state index is 13.4. The zero-order valence-electron chi connectivity index (χ0n) is 20.5. The lowest BCUT2D eigenvalue weighted by Gasteiger charge is -2.34. The standard InChI is InChI=1S/C26H27N5O5S/c1-26(10-12-36-13-11-26)17-6-9-23(35-2)24(14-17)37(33,34)30-25(32)21-8-7-19-20(29-21)4-3-5-22(19)31-16-18(27)15-28-31/h3-9,14-16H,10-13,27H2,1-2H3,(H,30,32). The highest BCUT2D eigenvalue weighted by Crippen LogP contribution is 2.37. The Morgan fingerprint density at radius 1 is 1.16 bits per heavy atom. The van der Waals surface area contributed by atoms with Crippen LogP contribution in [0.5, 0.6) is 5.75 Å². The molecule has 0 bridgehead atoms. The number of methoxy groups -OCH3 is 1. The predicted octanol–water partition coefficient (Wildman–Crippen LogP) is 3.20. The van der Waals surface area contributed by atoms with Crippen LogP contribution in [0.25, 0.3) is 16.6 Å². The van der Waals surface area contributed by atoms with Crippen molar-refractivity contribution in [1.82, 2.24) is 19.5 Å². The molecule has 2 aromatic carbocycles. The molecule has 1 aliphatic rings. The second-order valence-corrected chi connectivity index (χ2v) is 10.9. The molecule has 11 heteroatoms. The SMILES string of the molecule is COc1ccc(C2(C)CCOCC2)cc1S(=O)(=O)NC(=O)c1ccc2c(-n3cc(N)cn3)cccc2n1. The van der Waals surface area contributed by atoms with Gasteiger partial charge in [-0.25, -0.2) is 22.8 Å². The van der Waals surface area contributed by atoms with Gasteiger partial charge in [0.15, 0.2) is 0 Å². The molecule has 0 spiro atoms.